The summed E-state index contributed by atoms with van der Waals surface area (Å²) in [5.41, 5.74) is -0.0916. The first kappa shape index (κ1) is 17.0. The van der Waals surface area contributed by atoms with Gasteiger partial charge in [0, 0.05) is 19.6 Å². The molecule has 3 heterocycles. The van der Waals surface area contributed by atoms with E-state index in [9.17, 15) is 4.79 Å². The van der Waals surface area contributed by atoms with Gasteiger partial charge in [-0.1, -0.05) is 20.8 Å². The third-order valence-corrected chi connectivity index (χ3v) is 5.64. The molecule has 1 atom stereocenters. The molecular formula is C18H33N3O2. The molecule has 3 aliphatic rings. The number of urea groups is 1. The molecule has 0 aliphatic carbocycles. The molecular weight excluding hydrogens is 290 g/mol. The molecule has 0 aromatic heterocycles. The van der Waals surface area contributed by atoms with Gasteiger partial charge in [-0.3, -0.25) is 0 Å². The van der Waals surface area contributed by atoms with Crippen molar-refractivity contribution in [2.24, 2.45) is 5.41 Å². The zero-order valence-electron chi connectivity index (χ0n) is 15.1. The first-order valence-electron chi connectivity index (χ1n) is 9.32. The van der Waals surface area contributed by atoms with E-state index in [1.54, 1.807) is 0 Å². The molecule has 23 heavy (non-hydrogen) atoms. The second-order valence-electron chi connectivity index (χ2n) is 8.62. The lowest BCUT2D eigenvalue weighted by molar-refractivity contribution is -0.187. The van der Waals surface area contributed by atoms with Crippen molar-refractivity contribution in [3.8, 4) is 0 Å². The maximum absolute atomic E-state index is 13.0. The van der Waals surface area contributed by atoms with Crippen LogP contribution in [0.4, 0.5) is 4.79 Å². The van der Waals surface area contributed by atoms with Crippen molar-refractivity contribution >= 4 is 6.03 Å². The van der Waals surface area contributed by atoms with Crippen LogP contribution in [0.3, 0.4) is 0 Å². The number of carbonyl (C=O) groups excluding carboxylic acids is 1. The van der Waals surface area contributed by atoms with Gasteiger partial charge in [-0.25, -0.2) is 4.79 Å². The van der Waals surface area contributed by atoms with Crippen molar-refractivity contribution in [1.82, 2.24) is 15.1 Å². The fraction of sp³-hybridized carbons (Fsp3) is 0.944. The van der Waals surface area contributed by atoms with E-state index < -0.39 is 0 Å². The minimum absolute atomic E-state index is 0.0543. The van der Waals surface area contributed by atoms with E-state index >= 15 is 0 Å². The van der Waals surface area contributed by atoms with Crippen molar-refractivity contribution in [3.63, 3.8) is 0 Å². The summed E-state index contributed by atoms with van der Waals surface area (Å²) >= 11 is 0. The number of amides is 2. The first-order chi connectivity index (χ1) is 10.9. The van der Waals surface area contributed by atoms with Crippen molar-refractivity contribution in [3.05, 3.63) is 0 Å². The molecule has 0 aromatic carbocycles. The van der Waals surface area contributed by atoms with Crippen LogP contribution in [0.2, 0.25) is 0 Å². The van der Waals surface area contributed by atoms with Crippen LogP contribution in [0.1, 0.15) is 52.9 Å². The number of morpholine rings is 1. The Balaban J connectivity index is 1.76. The van der Waals surface area contributed by atoms with Crippen LogP contribution in [-0.4, -0.2) is 66.8 Å². The van der Waals surface area contributed by atoms with Crippen LogP contribution in [0.5, 0.6) is 0 Å². The van der Waals surface area contributed by atoms with Gasteiger partial charge < -0.3 is 19.9 Å². The number of hydrogen-bond acceptors (Lipinski definition) is 3. The predicted molar refractivity (Wildman–Crippen MR) is 91.6 cm³/mol. The largest absolute Gasteiger partial charge is 0.367 e. The summed E-state index contributed by atoms with van der Waals surface area (Å²) in [6.07, 6.45) is 5.67. The Morgan fingerprint density at radius 3 is 2.35 bits per heavy atom. The third kappa shape index (κ3) is 3.82. The summed E-state index contributed by atoms with van der Waals surface area (Å²) < 4.78 is 6.59. The molecule has 132 valence electrons. The van der Waals surface area contributed by atoms with Gasteiger partial charge in [0.2, 0.25) is 0 Å². The fourth-order valence-corrected chi connectivity index (χ4v) is 4.03. The maximum Gasteiger partial charge on any atom is 0.320 e. The quantitative estimate of drug-likeness (QED) is 0.745. The van der Waals surface area contributed by atoms with E-state index in [-0.39, 0.29) is 23.2 Å². The first-order valence-corrected chi connectivity index (χ1v) is 9.32. The highest BCUT2D eigenvalue weighted by molar-refractivity contribution is 5.74. The van der Waals surface area contributed by atoms with E-state index in [4.69, 9.17) is 4.74 Å². The van der Waals surface area contributed by atoms with Crippen LogP contribution < -0.4 is 5.32 Å². The average molecular weight is 323 g/mol. The van der Waals surface area contributed by atoms with E-state index in [0.717, 1.165) is 65.0 Å². The number of carbonyl (C=O) groups is 1. The van der Waals surface area contributed by atoms with E-state index in [0.29, 0.717) is 0 Å². The maximum atomic E-state index is 13.0. The molecule has 3 fully saturated rings. The smallest absolute Gasteiger partial charge is 0.320 e. The van der Waals surface area contributed by atoms with E-state index in [1.165, 1.54) is 6.42 Å². The second-order valence-corrected chi connectivity index (χ2v) is 8.62. The zero-order chi connectivity index (χ0) is 16.5. The average Bonchev–Trinajstić information content (AvgIpc) is 2.54. The summed E-state index contributed by atoms with van der Waals surface area (Å²) in [6, 6.07) is 0.236. The summed E-state index contributed by atoms with van der Waals surface area (Å²) in [6.45, 7) is 12.0. The normalized spacial score (nSPS) is 28.9. The number of ether oxygens (including phenoxy) is 1. The Labute approximate surface area is 140 Å². The number of rotatable bonds is 0. The molecule has 0 bridgehead atoms. The molecule has 0 radical (unpaired) electrons. The lowest BCUT2D eigenvalue weighted by atomic mass is 9.83. The van der Waals surface area contributed by atoms with Gasteiger partial charge in [0.15, 0.2) is 0 Å². The molecule has 1 unspecified atom stereocenters. The van der Waals surface area contributed by atoms with Gasteiger partial charge in [0.05, 0.1) is 18.2 Å². The van der Waals surface area contributed by atoms with Gasteiger partial charge in [-0.15, -0.1) is 0 Å². The van der Waals surface area contributed by atoms with Gasteiger partial charge in [-0.2, -0.15) is 0 Å². The number of piperidine rings is 2. The SMILES string of the molecule is CC(C)(C)C1CN(C(=O)N2CCCCC2)CC2(CCNCC2)O1. The molecule has 0 aromatic rings. The van der Waals surface area contributed by atoms with Crippen molar-refractivity contribution in [1.29, 1.82) is 0 Å². The topological polar surface area (TPSA) is 44.8 Å². The molecule has 1 spiro atoms. The number of likely N-dealkylation sites (tertiary alicyclic amines) is 1. The molecule has 1 N–H and O–H groups in total. The fourth-order valence-electron chi connectivity index (χ4n) is 4.03. The van der Waals surface area contributed by atoms with Gasteiger partial charge in [0.25, 0.3) is 0 Å². The Bertz CT molecular complexity index is 420. The summed E-state index contributed by atoms with van der Waals surface area (Å²) in [7, 11) is 0. The minimum atomic E-state index is -0.146. The van der Waals surface area contributed by atoms with Gasteiger partial charge in [0.1, 0.15) is 0 Å². The lowest BCUT2D eigenvalue weighted by Crippen LogP contribution is -2.64. The Morgan fingerprint density at radius 2 is 1.74 bits per heavy atom. The Hall–Kier alpha value is -0.810. The van der Waals surface area contributed by atoms with Crippen LogP contribution in [0, 0.1) is 5.41 Å². The monoisotopic (exact) mass is 323 g/mol. The van der Waals surface area contributed by atoms with Crippen molar-refractivity contribution in [2.45, 2.75) is 64.6 Å². The zero-order valence-corrected chi connectivity index (χ0v) is 15.1. The van der Waals surface area contributed by atoms with Crippen LogP contribution in [0.25, 0.3) is 0 Å². The van der Waals surface area contributed by atoms with Gasteiger partial charge in [-0.05, 0) is 50.6 Å². The predicted octanol–water partition coefficient (Wildman–Crippen LogP) is 2.46. The summed E-state index contributed by atoms with van der Waals surface area (Å²) in [4.78, 5) is 17.2. The second kappa shape index (κ2) is 6.60. The Morgan fingerprint density at radius 1 is 1.09 bits per heavy atom. The van der Waals surface area contributed by atoms with Crippen molar-refractivity contribution < 1.29 is 9.53 Å². The molecule has 5 nitrogen and oxygen atoms in total. The molecule has 0 saturated carbocycles. The molecule has 3 aliphatic heterocycles. The Kier molecular flexibility index (Phi) is 4.88. The van der Waals surface area contributed by atoms with Crippen LogP contribution >= 0.6 is 0 Å². The molecule has 5 heteroatoms. The van der Waals surface area contributed by atoms with E-state index in [2.05, 4.69) is 35.9 Å². The summed E-state index contributed by atoms with van der Waals surface area (Å²) in [5, 5.41) is 3.42. The molecule has 2 amide bonds. The van der Waals surface area contributed by atoms with Gasteiger partial charge >= 0.3 is 6.03 Å². The van der Waals surface area contributed by atoms with Crippen LogP contribution in [-0.2, 0) is 4.74 Å². The van der Waals surface area contributed by atoms with Crippen molar-refractivity contribution in [2.75, 3.05) is 39.3 Å². The highest BCUT2D eigenvalue weighted by atomic mass is 16.5. The third-order valence-electron chi connectivity index (χ3n) is 5.64. The number of hydrogen-bond donors (Lipinski definition) is 1. The van der Waals surface area contributed by atoms with Crippen LogP contribution in [0.15, 0.2) is 0 Å². The highest BCUT2D eigenvalue weighted by Crippen LogP contribution is 2.37. The minimum Gasteiger partial charge on any atom is -0.367 e. The molecule has 3 rings (SSSR count). The number of nitrogens with zero attached hydrogens (tertiary/aromatic N) is 2. The highest BCUT2D eigenvalue weighted by Gasteiger charge is 2.46. The molecule has 3 saturated heterocycles. The standard InChI is InChI=1S/C18H33N3O2/c1-17(2,3)15-13-21(16(22)20-11-5-4-6-12-20)14-18(23-15)7-9-19-10-8-18/h15,19H,4-14H2,1-3H3. The summed E-state index contributed by atoms with van der Waals surface area (Å²) in [5.74, 6) is 0. The lowest BCUT2D eigenvalue weighted by Gasteiger charge is -2.52. The number of nitrogens with one attached hydrogen (secondary N) is 1. The van der Waals surface area contributed by atoms with E-state index in [1.807, 2.05) is 0 Å².